The molecule has 0 N–H and O–H groups in total. The van der Waals surface area contributed by atoms with Gasteiger partial charge in [0.15, 0.2) is 0 Å². The summed E-state index contributed by atoms with van der Waals surface area (Å²) in [7, 11) is -2.00. The van der Waals surface area contributed by atoms with Gasteiger partial charge in [0.05, 0.1) is 28.9 Å². The maximum atomic E-state index is 14.0. The fourth-order valence-corrected chi connectivity index (χ4v) is 8.74. The van der Waals surface area contributed by atoms with Crippen LogP contribution in [0.2, 0.25) is 0 Å². The third-order valence-corrected chi connectivity index (χ3v) is 11.0. The summed E-state index contributed by atoms with van der Waals surface area (Å²) < 4.78 is 34.7. The maximum Gasteiger partial charge on any atom is 0.268 e. The molecule has 8 nitrogen and oxygen atoms in total. The summed E-state index contributed by atoms with van der Waals surface area (Å²) >= 11 is 0. The van der Waals surface area contributed by atoms with Crippen molar-refractivity contribution in [3.05, 3.63) is 108 Å². The Bertz CT molecular complexity index is 1900. The van der Waals surface area contributed by atoms with Gasteiger partial charge in [-0.05, 0) is 43.3 Å². The van der Waals surface area contributed by atoms with Gasteiger partial charge in [0.1, 0.15) is 5.75 Å². The average Bonchev–Trinajstić information content (AvgIpc) is 3.71. The van der Waals surface area contributed by atoms with Crippen molar-refractivity contribution in [3.63, 3.8) is 0 Å². The fourth-order valence-electron chi connectivity index (χ4n) is 7.35. The van der Waals surface area contributed by atoms with Crippen LogP contribution in [0.4, 0.5) is 0 Å². The van der Waals surface area contributed by atoms with Gasteiger partial charge < -0.3 is 4.74 Å². The first-order chi connectivity index (χ1) is 20.6. The van der Waals surface area contributed by atoms with Crippen molar-refractivity contribution in [2.75, 3.05) is 26.7 Å². The number of fused-ring (bicyclic) bond motifs is 3. The zero-order chi connectivity index (χ0) is 30.1. The molecule has 7 rings (SSSR count). The van der Waals surface area contributed by atoms with E-state index in [1.807, 2.05) is 42.3 Å². The molecule has 0 saturated carbocycles. The minimum atomic E-state index is -3.89. The second-order valence-electron chi connectivity index (χ2n) is 12.3. The number of imide groups is 1. The fraction of sp³-hybridized carbons (Fsp3) is 0.294. The molecule has 43 heavy (non-hydrogen) atoms. The Balaban J connectivity index is 1.19. The van der Waals surface area contributed by atoms with Gasteiger partial charge in [-0.3, -0.25) is 19.4 Å². The van der Waals surface area contributed by atoms with Crippen LogP contribution in [0.3, 0.4) is 0 Å². The Kier molecular flexibility index (Phi) is 6.37. The summed E-state index contributed by atoms with van der Waals surface area (Å²) in [6.07, 6.45) is 2.22. The quantitative estimate of drug-likeness (QED) is 0.226. The van der Waals surface area contributed by atoms with E-state index < -0.39 is 27.9 Å². The predicted molar refractivity (Wildman–Crippen MR) is 163 cm³/mol. The first-order valence-electron chi connectivity index (χ1n) is 14.5. The lowest BCUT2D eigenvalue weighted by molar-refractivity contribution is -0.140. The smallest absolute Gasteiger partial charge is 0.268 e. The summed E-state index contributed by atoms with van der Waals surface area (Å²) in [6.45, 7) is 7.47. The van der Waals surface area contributed by atoms with Crippen molar-refractivity contribution in [1.82, 2.24) is 13.8 Å². The van der Waals surface area contributed by atoms with Crippen molar-refractivity contribution in [2.24, 2.45) is 11.8 Å². The number of hydrogen-bond acceptors (Lipinski definition) is 6. The molecule has 3 aliphatic heterocycles. The molecule has 3 aromatic carbocycles. The summed E-state index contributed by atoms with van der Waals surface area (Å²) in [5, 5.41) is 0.746. The SMILES string of the molecule is C=C(CN1C(=O)[C@H]2[C@H](CN(C)[C@@H]2c2cn(S(=O)(=O)c3ccccc3)c3ccccc23)C1=O)CC1(C)COc2ccccc21. The number of rotatable bonds is 7. The molecule has 0 spiro atoms. The standard InChI is InChI=1S/C34H33N3O5S/c1-22(17-34(2)21-42-29-16-10-8-14-27(29)34)18-36-32(38)26-19-35(3)31(30(26)33(36)39)25-20-37(28-15-9-7-13-24(25)28)43(40,41)23-11-5-4-6-12-23/h4-16,20,26,30-31H,1,17-19,21H2,2-3H3/t26-,30-,31+,34?/m0/s1. The Morgan fingerprint density at radius 1 is 0.977 bits per heavy atom. The molecule has 2 amide bonds. The Hall–Kier alpha value is -4.21. The molecule has 0 bridgehead atoms. The highest BCUT2D eigenvalue weighted by atomic mass is 32.2. The van der Waals surface area contributed by atoms with Crippen LogP contribution in [-0.4, -0.2) is 60.7 Å². The third kappa shape index (κ3) is 4.24. The molecular formula is C34H33N3O5S. The number of hydrogen-bond donors (Lipinski definition) is 0. The number of carbonyl (C=O) groups is 2. The normalized spacial score (nSPS) is 25.3. The van der Waals surface area contributed by atoms with Crippen molar-refractivity contribution >= 4 is 32.7 Å². The first-order valence-corrected chi connectivity index (χ1v) is 15.9. The lowest BCUT2D eigenvalue weighted by Crippen LogP contribution is -2.38. The summed E-state index contributed by atoms with van der Waals surface area (Å²) in [4.78, 5) is 31.3. The van der Waals surface area contributed by atoms with Gasteiger partial charge in [-0.15, -0.1) is 0 Å². The lowest BCUT2D eigenvalue weighted by Gasteiger charge is -2.28. The van der Waals surface area contributed by atoms with Gasteiger partial charge in [-0.25, -0.2) is 12.4 Å². The van der Waals surface area contributed by atoms with Crippen LogP contribution in [-0.2, 0) is 25.0 Å². The zero-order valence-corrected chi connectivity index (χ0v) is 25.0. The zero-order valence-electron chi connectivity index (χ0n) is 24.1. The van der Waals surface area contributed by atoms with E-state index in [2.05, 4.69) is 19.6 Å². The second kappa shape index (κ2) is 9.92. The molecule has 0 radical (unpaired) electrons. The maximum absolute atomic E-state index is 14.0. The van der Waals surface area contributed by atoms with Crippen molar-refractivity contribution in [3.8, 4) is 5.75 Å². The molecule has 4 heterocycles. The van der Waals surface area contributed by atoms with E-state index >= 15 is 0 Å². The number of amides is 2. The van der Waals surface area contributed by atoms with E-state index in [1.165, 1.54) is 8.87 Å². The number of aromatic nitrogens is 1. The number of likely N-dealkylation sites (tertiary alicyclic amines) is 2. The minimum Gasteiger partial charge on any atom is -0.492 e. The molecule has 1 unspecified atom stereocenters. The van der Waals surface area contributed by atoms with Crippen molar-refractivity contribution in [2.45, 2.75) is 29.7 Å². The first kappa shape index (κ1) is 27.6. The highest BCUT2D eigenvalue weighted by Crippen LogP contribution is 2.48. The van der Waals surface area contributed by atoms with Gasteiger partial charge in [0.25, 0.3) is 10.0 Å². The topological polar surface area (TPSA) is 88.9 Å². The van der Waals surface area contributed by atoms with Crippen LogP contribution in [0.5, 0.6) is 5.75 Å². The summed E-state index contributed by atoms with van der Waals surface area (Å²) in [5.41, 5.74) is 2.87. The largest absolute Gasteiger partial charge is 0.492 e. The van der Waals surface area contributed by atoms with E-state index in [1.54, 1.807) is 48.7 Å². The molecule has 3 aliphatic rings. The van der Waals surface area contributed by atoms with E-state index in [0.29, 0.717) is 25.1 Å². The second-order valence-corrected chi connectivity index (χ2v) is 14.1. The van der Waals surface area contributed by atoms with E-state index in [-0.39, 0.29) is 28.7 Å². The van der Waals surface area contributed by atoms with Crippen molar-refractivity contribution < 1.29 is 22.7 Å². The molecule has 2 saturated heterocycles. The van der Waals surface area contributed by atoms with Crippen LogP contribution in [0.1, 0.15) is 30.5 Å². The number of para-hydroxylation sites is 2. The van der Waals surface area contributed by atoms with Gasteiger partial charge in [-0.1, -0.05) is 73.7 Å². The van der Waals surface area contributed by atoms with E-state index in [0.717, 1.165) is 27.8 Å². The highest BCUT2D eigenvalue weighted by molar-refractivity contribution is 7.90. The van der Waals surface area contributed by atoms with Crippen LogP contribution < -0.4 is 4.74 Å². The number of ether oxygens (including phenoxy) is 1. The van der Waals surface area contributed by atoms with E-state index in [4.69, 9.17) is 4.74 Å². The lowest BCUT2D eigenvalue weighted by atomic mass is 9.79. The third-order valence-electron chi connectivity index (χ3n) is 9.30. The monoisotopic (exact) mass is 595 g/mol. The Labute approximate surface area is 251 Å². The highest BCUT2D eigenvalue weighted by Gasteiger charge is 2.57. The van der Waals surface area contributed by atoms with Gasteiger partial charge in [-0.2, -0.15) is 0 Å². The summed E-state index contributed by atoms with van der Waals surface area (Å²) in [5.74, 6) is -0.690. The van der Waals surface area contributed by atoms with Crippen LogP contribution in [0, 0.1) is 11.8 Å². The predicted octanol–water partition coefficient (Wildman–Crippen LogP) is 4.76. The minimum absolute atomic E-state index is 0.156. The van der Waals surface area contributed by atoms with Crippen molar-refractivity contribution in [1.29, 1.82) is 0 Å². The molecule has 4 atom stereocenters. The number of carbonyl (C=O) groups excluding carboxylic acids is 2. The molecule has 0 aliphatic carbocycles. The van der Waals surface area contributed by atoms with Crippen LogP contribution in [0.15, 0.2) is 102 Å². The summed E-state index contributed by atoms with van der Waals surface area (Å²) in [6, 6.07) is 23.1. The molecule has 220 valence electrons. The van der Waals surface area contributed by atoms with Crippen LogP contribution in [0.25, 0.3) is 10.9 Å². The molecule has 4 aromatic rings. The van der Waals surface area contributed by atoms with Crippen LogP contribution >= 0.6 is 0 Å². The van der Waals surface area contributed by atoms with Gasteiger partial charge in [0.2, 0.25) is 11.8 Å². The molecule has 9 heteroatoms. The average molecular weight is 596 g/mol. The Morgan fingerprint density at radius 3 is 2.47 bits per heavy atom. The molecule has 1 aromatic heterocycles. The molecule has 2 fully saturated rings. The van der Waals surface area contributed by atoms with Gasteiger partial charge in [0, 0.05) is 41.7 Å². The molecular weight excluding hydrogens is 562 g/mol. The Morgan fingerprint density at radius 2 is 1.67 bits per heavy atom. The van der Waals surface area contributed by atoms with Gasteiger partial charge >= 0.3 is 0 Å². The number of benzene rings is 3. The number of nitrogens with zero attached hydrogens (tertiary/aromatic N) is 3. The van der Waals surface area contributed by atoms with E-state index in [9.17, 15) is 18.0 Å².